The third kappa shape index (κ3) is 4.51. The molecule has 2 aromatic heterocycles. The highest BCUT2D eigenvalue weighted by atomic mass is 32.2. The Kier molecular flexibility index (Phi) is 5.95. The van der Waals surface area contributed by atoms with Crippen LogP contribution in [0.2, 0.25) is 0 Å². The predicted molar refractivity (Wildman–Crippen MR) is 103 cm³/mol. The smallest absolute Gasteiger partial charge is 0.334 e. The van der Waals surface area contributed by atoms with Crippen LogP contribution in [0.15, 0.2) is 53.3 Å². The maximum absolute atomic E-state index is 13.2. The molecule has 1 saturated carbocycles. The van der Waals surface area contributed by atoms with Gasteiger partial charge in [0.2, 0.25) is 0 Å². The van der Waals surface area contributed by atoms with Gasteiger partial charge in [0.05, 0.1) is 11.1 Å². The van der Waals surface area contributed by atoms with Crippen LogP contribution in [-0.4, -0.2) is 23.5 Å². The summed E-state index contributed by atoms with van der Waals surface area (Å²) in [5.41, 5.74) is 0.0349. The first-order valence-corrected chi connectivity index (χ1v) is 10.1. The summed E-state index contributed by atoms with van der Waals surface area (Å²) in [7, 11) is -2.62. The molecule has 2 atom stereocenters. The molecule has 0 radical (unpaired) electrons. The quantitative estimate of drug-likeness (QED) is 0.603. The number of aromatic nitrogens is 3. The zero-order chi connectivity index (χ0) is 22.1. The number of nitrogens with two attached hydrogens (primary N) is 1. The highest BCUT2D eigenvalue weighted by Crippen LogP contribution is 2.69. The Morgan fingerprint density at radius 2 is 1.73 bits per heavy atom. The lowest BCUT2D eigenvalue weighted by Crippen LogP contribution is -2.07. The topological polar surface area (TPSA) is 112 Å². The largest absolute Gasteiger partial charge is 0.418 e. The second-order valence-corrected chi connectivity index (χ2v) is 7.92. The van der Waals surface area contributed by atoms with E-state index in [-0.39, 0.29) is 28.7 Å². The third-order valence-electron chi connectivity index (χ3n) is 5.06. The lowest BCUT2D eigenvalue weighted by molar-refractivity contribution is -0.137. The van der Waals surface area contributed by atoms with Crippen molar-refractivity contribution < 1.29 is 26.1 Å². The van der Waals surface area contributed by atoms with Crippen molar-refractivity contribution in [2.24, 2.45) is 10.6 Å². The van der Waals surface area contributed by atoms with Gasteiger partial charge >= 0.3 is 6.18 Å². The lowest BCUT2D eigenvalue weighted by Gasteiger charge is -2.08. The summed E-state index contributed by atoms with van der Waals surface area (Å²) in [6.07, 6.45) is -2.49. The van der Waals surface area contributed by atoms with Crippen molar-refractivity contribution in [1.29, 1.82) is 0 Å². The van der Waals surface area contributed by atoms with Crippen LogP contribution in [0.1, 0.15) is 42.6 Å². The van der Waals surface area contributed by atoms with Crippen LogP contribution in [0.4, 0.5) is 13.2 Å². The van der Waals surface area contributed by atoms with Gasteiger partial charge in [0.1, 0.15) is 0 Å². The van der Waals surface area contributed by atoms with Crippen molar-refractivity contribution in [3.8, 4) is 11.5 Å². The van der Waals surface area contributed by atoms with Crippen molar-refractivity contribution in [2.45, 2.75) is 31.9 Å². The minimum atomic E-state index is -4.54. The molecule has 2 N–H and O–H groups in total. The van der Waals surface area contributed by atoms with Crippen molar-refractivity contribution >= 4 is 10.9 Å². The van der Waals surface area contributed by atoms with Crippen molar-refractivity contribution in [1.82, 2.24) is 15.1 Å². The molecule has 1 fully saturated rings. The van der Waals surface area contributed by atoms with Crippen LogP contribution in [0.25, 0.3) is 11.5 Å². The Morgan fingerprint density at radius 1 is 1.10 bits per heavy atom. The molecule has 1 aromatic carbocycles. The van der Waals surface area contributed by atoms with Gasteiger partial charge in [-0.1, -0.05) is 49.3 Å². The Morgan fingerprint density at radius 3 is 2.33 bits per heavy atom. The standard InChI is InChI=1S/C19H16F3N3O.H3NO2S/c1-18(2)14(11-6-4-3-5-7-11)15(18)16-24-17(26-25-16)12-8-9-23-10-13(12)19(20,21)22;1-4(2)3/h3-10,14-15H,1-2H3;4H,(H2,1,2,3)/t14-,15+;/m0./s1. The zero-order valence-electron chi connectivity index (χ0n) is 16.0. The van der Waals surface area contributed by atoms with E-state index in [2.05, 4.69) is 34.1 Å². The Labute approximate surface area is 172 Å². The zero-order valence-corrected chi connectivity index (χ0v) is 16.9. The van der Waals surface area contributed by atoms with Gasteiger partial charge in [-0.25, -0.2) is 13.6 Å². The number of pyridine rings is 1. The SMILES string of the molecule is CC1(C)[C@@H](c2ccccc2)[C@@H]1c1noc(-c2ccncc2C(F)(F)F)n1.N[SH](=O)=O. The summed E-state index contributed by atoms with van der Waals surface area (Å²) in [6, 6.07) is 11.2. The van der Waals surface area contributed by atoms with Crippen molar-refractivity contribution in [2.75, 3.05) is 0 Å². The van der Waals surface area contributed by atoms with Gasteiger partial charge < -0.3 is 4.52 Å². The first kappa shape index (κ1) is 21.9. The molecule has 0 aliphatic heterocycles. The molecule has 0 saturated heterocycles. The lowest BCUT2D eigenvalue weighted by atomic mass is 10.0. The van der Waals surface area contributed by atoms with Gasteiger partial charge in [-0.15, -0.1) is 0 Å². The van der Waals surface area contributed by atoms with Crippen molar-refractivity contribution in [3.05, 3.63) is 65.7 Å². The summed E-state index contributed by atoms with van der Waals surface area (Å²) >= 11 is 0. The van der Waals surface area contributed by atoms with Gasteiger partial charge in [-0.05, 0) is 17.0 Å². The molecule has 30 heavy (non-hydrogen) atoms. The minimum absolute atomic E-state index is 0.00132. The Hall–Kier alpha value is -2.79. The number of benzene rings is 1. The number of alkyl halides is 3. The van der Waals surface area contributed by atoms with E-state index >= 15 is 0 Å². The van der Waals surface area contributed by atoms with E-state index in [0.717, 1.165) is 11.8 Å². The Balaban J connectivity index is 0.000000589. The second kappa shape index (κ2) is 8.15. The summed E-state index contributed by atoms with van der Waals surface area (Å²) in [5.74, 6) is 0.500. The van der Waals surface area contributed by atoms with Crippen LogP contribution >= 0.6 is 0 Å². The van der Waals surface area contributed by atoms with Crippen molar-refractivity contribution in [3.63, 3.8) is 0 Å². The van der Waals surface area contributed by atoms with Crippen LogP contribution in [0, 0.1) is 5.41 Å². The van der Waals surface area contributed by atoms with Gasteiger partial charge in [0.25, 0.3) is 5.89 Å². The van der Waals surface area contributed by atoms with Crippen LogP contribution in [0.5, 0.6) is 0 Å². The number of hydrogen-bond acceptors (Lipinski definition) is 6. The predicted octanol–water partition coefficient (Wildman–Crippen LogP) is 3.53. The summed E-state index contributed by atoms with van der Waals surface area (Å²) in [4.78, 5) is 7.84. The molecule has 0 spiro atoms. The van der Waals surface area contributed by atoms with Gasteiger partial charge in [0.15, 0.2) is 16.7 Å². The molecule has 160 valence electrons. The second-order valence-electron chi connectivity index (χ2n) is 7.35. The highest BCUT2D eigenvalue weighted by molar-refractivity contribution is 7.69. The van der Waals surface area contributed by atoms with Crippen LogP contribution in [-0.2, 0) is 17.1 Å². The average molecular weight is 440 g/mol. The van der Waals surface area contributed by atoms with E-state index in [1.807, 2.05) is 30.3 Å². The summed E-state index contributed by atoms with van der Waals surface area (Å²) in [5, 5.41) is 8.04. The molecule has 1 aliphatic carbocycles. The number of hydrogen-bond donors (Lipinski definition) is 2. The van der Waals surface area contributed by atoms with E-state index in [1.54, 1.807) is 0 Å². The van der Waals surface area contributed by atoms with Gasteiger partial charge in [0, 0.05) is 24.2 Å². The molecule has 11 heteroatoms. The van der Waals surface area contributed by atoms with E-state index in [4.69, 9.17) is 12.9 Å². The highest BCUT2D eigenvalue weighted by Gasteiger charge is 2.61. The maximum Gasteiger partial charge on any atom is 0.418 e. The maximum atomic E-state index is 13.2. The molecule has 0 amide bonds. The van der Waals surface area contributed by atoms with E-state index in [1.165, 1.54) is 12.3 Å². The molecule has 3 aromatic rings. The van der Waals surface area contributed by atoms with Crippen LogP contribution < -0.4 is 5.14 Å². The van der Waals surface area contributed by atoms with Gasteiger partial charge in [-0.2, -0.15) is 18.2 Å². The van der Waals surface area contributed by atoms with E-state index < -0.39 is 22.6 Å². The molecule has 0 unspecified atom stereocenters. The number of halogens is 3. The molecule has 4 rings (SSSR count). The number of nitrogens with zero attached hydrogens (tertiary/aromatic N) is 3. The minimum Gasteiger partial charge on any atom is -0.334 e. The summed E-state index contributed by atoms with van der Waals surface area (Å²) < 4.78 is 62.4. The Bertz CT molecular complexity index is 1090. The first-order valence-electron chi connectivity index (χ1n) is 8.82. The molecular formula is C19H19F3N4O3S. The molecule has 1 aliphatic rings. The van der Waals surface area contributed by atoms with E-state index in [9.17, 15) is 13.2 Å². The monoisotopic (exact) mass is 440 g/mol. The molecule has 0 bridgehead atoms. The first-order chi connectivity index (χ1) is 14.0. The fourth-order valence-corrected chi connectivity index (χ4v) is 3.68. The van der Waals surface area contributed by atoms with Gasteiger partial charge in [-0.3, -0.25) is 4.98 Å². The fourth-order valence-electron chi connectivity index (χ4n) is 3.68. The normalized spacial score (nSPS) is 19.8. The summed E-state index contributed by atoms with van der Waals surface area (Å²) in [6.45, 7) is 4.19. The average Bonchev–Trinajstić information content (AvgIpc) is 3.01. The van der Waals surface area contributed by atoms with E-state index in [0.29, 0.717) is 5.82 Å². The molecule has 2 heterocycles. The fraction of sp³-hybridized carbons (Fsp3) is 0.316. The van der Waals surface area contributed by atoms with Crippen LogP contribution in [0.3, 0.4) is 0 Å². The number of thiol groups is 1. The number of rotatable bonds is 3. The molecule has 7 nitrogen and oxygen atoms in total. The molecular weight excluding hydrogens is 421 g/mol. The third-order valence-corrected chi connectivity index (χ3v) is 5.06.